The zero-order valence-electron chi connectivity index (χ0n) is 14.2. The van der Waals surface area contributed by atoms with Gasteiger partial charge in [-0.15, -0.1) is 0 Å². The average molecular weight is 314 g/mol. The maximum atomic E-state index is 12.6. The van der Waals surface area contributed by atoms with Crippen LogP contribution in [0.25, 0.3) is 0 Å². The van der Waals surface area contributed by atoms with Crippen LogP contribution in [0.2, 0.25) is 0 Å². The summed E-state index contributed by atoms with van der Waals surface area (Å²) in [5.74, 6) is 0.886. The normalized spacial score (nSPS) is 24.9. The van der Waals surface area contributed by atoms with Crippen LogP contribution in [0, 0.1) is 0 Å². The molecule has 124 valence electrons. The molecule has 0 aliphatic carbocycles. The molecule has 0 radical (unpaired) electrons. The standard InChI is InChI=1S/C19H26N2O2/c1-19(2,3)23-17-12-18(22)21(15-9-10-20-13-15)16(17)11-14-7-5-4-6-8-14/h4-8,12,15-16,20H,9-11,13H2,1-3H3. The molecule has 2 aliphatic rings. The molecule has 1 N–H and O–H groups in total. The van der Waals surface area contributed by atoms with Gasteiger partial charge in [-0.1, -0.05) is 30.3 Å². The molecule has 2 atom stereocenters. The Balaban J connectivity index is 1.85. The highest BCUT2D eigenvalue weighted by atomic mass is 16.5. The summed E-state index contributed by atoms with van der Waals surface area (Å²) in [6, 6.07) is 10.6. The predicted octanol–water partition coefficient (Wildman–Crippen LogP) is 2.50. The number of benzene rings is 1. The fourth-order valence-electron chi connectivity index (χ4n) is 3.38. The van der Waals surface area contributed by atoms with Gasteiger partial charge in [-0.2, -0.15) is 0 Å². The largest absolute Gasteiger partial charge is 0.490 e. The Morgan fingerprint density at radius 2 is 2.00 bits per heavy atom. The number of hydrogen-bond donors (Lipinski definition) is 1. The molecule has 2 unspecified atom stereocenters. The topological polar surface area (TPSA) is 41.6 Å². The molecular formula is C19H26N2O2. The van der Waals surface area contributed by atoms with Crippen molar-refractivity contribution in [1.82, 2.24) is 10.2 Å². The van der Waals surface area contributed by atoms with E-state index in [1.165, 1.54) is 5.56 Å². The Labute approximate surface area is 138 Å². The zero-order valence-corrected chi connectivity index (χ0v) is 14.2. The molecule has 4 heteroatoms. The lowest BCUT2D eigenvalue weighted by molar-refractivity contribution is -0.128. The highest BCUT2D eigenvalue weighted by Crippen LogP contribution is 2.31. The van der Waals surface area contributed by atoms with Gasteiger partial charge in [-0.25, -0.2) is 0 Å². The molecule has 0 saturated carbocycles. The van der Waals surface area contributed by atoms with Crippen LogP contribution in [-0.4, -0.2) is 41.6 Å². The van der Waals surface area contributed by atoms with Crippen molar-refractivity contribution in [3.63, 3.8) is 0 Å². The van der Waals surface area contributed by atoms with Crippen LogP contribution in [0.4, 0.5) is 0 Å². The summed E-state index contributed by atoms with van der Waals surface area (Å²) in [5, 5.41) is 3.36. The van der Waals surface area contributed by atoms with E-state index in [1.54, 1.807) is 6.08 Å². The summed E-state index contributed by atoms with van der Waals surface area (Å²) in [6.45, 7) is 7.92. The molecule has 23 heavy (non-hydrogen) atoms. The van der Waals surface area contributed by atoms with Gasteiger partial charge < -0.3 is 15.0 Å². The summed E-state index contributed by atoms with van der Waals surface area (Å²) in [5.41, 5.74) is 0.928. The summed E-state index contributed by atoms with van der Waals surface area (Å²) in [6.07, 6.45) is 3.50. The van der Waals surface area contributed by atoms with E-state index in [1.807, 2.05) is 43.9 Å². The fraction of sp³-hybridized carbons (Fsp3) is 0.526. The summed E-state index contributed by atoms with van der Waals surface area (Å²) < 4.78 is 6.12. The van der Waals surface area contributed by atoms with Crippen LogP contribution in [-0.2, 0) is 16.0 Å². The smallest absolute Gasteiger partial charge is 0.250 e. The van der Waals surface area contributed by atoms with Crippen molar-refractivity contribution in [1.29, 1.82) is 0 Å². The van der Waals surface area contributed by atoms with Crippen molar-refractivity contribution >= 4 is 5.91 Å². The van der Waals surface area contributed by atoms with E-state index >= 15 is 0 Å². The third kappa shape index (κ3) is 3.75. The number of rotatable bonds is 4. The lowest BCUT2D eigenvalue weighted by Gasteiger charge is -2.34. The van der Waals surface area contributed by atoms with Gasteiger partial charge in [0.15, 0.2) is 0 Å². The zero-order chi connectivity index (χ0) is 16.4. The summed E-state index contributed by atoms with van der Waals surface area (Å²) >= 11 is 0. The molecule has 3 rings (SSSR count). The van der Waals surface area contributed by atoms with E-state index in [0.717, 1.165) is 31.7 Å². The molecule has 1 aromatic rings. The number of nitrogens with zero attached hydrogens (tertiary/aromatic N) is 1. The first-order valence-corrected chi connectivity index (χ1v) is 8.41. The van der Waals surface area contributed by atoms with Crippen LogP contribution in [0.3, 0.4) is 0 Å². The molecule has 4 nitrogen and oxygen atoms in total. The molecule has 2 heterocycles. The third-order valence-corrected chi connectivity index (χ3v) is 4.31. The molecule has 0 bridgehead atoms. The van der Waals surface area contributed by atoms with Gasteiger partial charge in [0.2, 0.25) is 0 Å². The number of nitrogens with one attached hydrogen (secondary N) is 1. The van der Waals surface area contributed by atoms with Crippen molar-refractivity contribution in [2.45, 2.75) is 51.3 Å². The van der Waals surface area contributed by atoms with Crippen molar-refractivity contribution < 1.29 is 9.53 Å². The van der Waals surface area contributed by atoms with E-state index in [0.29, 0.717) is 0 Å². The lowest BCUT2D eigenvalue weighted by Crippen LogP contribution is -2.46. The molecular weight excluding hydrogens is 288 g/mol. The molecule has 0 spiro atoms. The minimum absolute atomic E-state index is 0.00553. The van der Waals surface area contributed by atoms with Crippen molar-refractivity contribution in [2.75, 3.05) is 13.1 Å². The summed E-state index contributed by atoms with van der Waals surface area (Å²) in [7, 11) is 0. The van der Waals surface area contributed by atoms with Crippen LogP contribution in [0.15, 0.2) is 42.2 Å². The maximum absolute atomic E-state index is 12.6. The van der Waals surface area contributed by atoms with E-state index in [-0.39, 0.29) is 23.6 Å². The first kappa shape index (κ1) is 16.1. The second-order valence-electron chi connectivity index (χ2n) is 7.36. The first-order valence-electron chi connectivity index (χ1n) is 8.41. The number of hydrogen-bond acceptors (Lipinski definition) is 3. The number of carbonyl (C=O) groups excluding carboxylic acids is 1. The van der Waals surface area contributed by atoms with Crippen LogP contribution in [0.1, 0.15) is 32.8 Å². The van der Waals surface area contributed by atoms with Crippen LogP contribution in [0.5, 0.6) is 0 Å². The third-order valence-electron chi connectivity index (χ3n) is 4.31. The van der Waals surface area contributed by atoms with Crippen LogP contribution < -0.4 is 5.32 Å². The van der Waals surface area contributed by atoms with Gasteiger partial charge in [0.25, 0.3) is 5.91 Å². The van der Waals surface area contributed by atoms with Crippen molar-refractivity contribution in [3.05, 3.63) is 47.7 Å². The lowest BCUT2D eigenvalue weighted by atomic mass is 10.0. The molecule has 1 fully saturated rings. The Bertz CT molecular complexity index is 583. The van der Waals surface area contributed by atoms with Crippen LogP contribution >= 0.6 is 0 Å². The fourth-order valence-corrected chi connectivity index (χ4v) is 3.38. The number of ether oxygens (including phenoxy) is 1. The van der Waals surface area contributed by atoms with Gasteiger partial charge >= 0.3 is 0 Å². The molecule has 1 saturated heterocycles. The van der Waals surface area contributed by atoms with Crippen molar-refractivity contribution in [2.24, 2.45) is 0 Å². The predicted molar refractivity (Wildman–Crippen MR) is 91.0 cm³/mol. The molecule has 1 aromatic carbocycles. The van der Waals surface area contributed by atoms with Gasteiger partial charge in [0, 0.05) is 25.1 Å². The quantitative estimate of drug-likeness (QED) is 0.928. The van der Waals surface area contributed by atoms with Gasteiger partial charge in [0.1, 0.15) is 11.4 Å². The molecule has 2 aliphatic heterocycles. The highest BCUT2D eigenvalue weighted by molar-refractivity contribution is 5.92. The van der Waals surface area contributed by atoms with Crippen molar-refractivity contribution in [3.8, 4) is 0 Å². The van der Waals surface area contributed by atoms with Gasteiger partial charge in [0.05, 0.1) is 6.04 Å². The summed E-state index contributed by atoms with van der Waals surface area (Å²) in [4.78, 5) is 14.6. The van der Waals surface area contributed by atoms with Gasteiger partial charge in [-0.05, 0) is 39.3 Å². The monoisotopic (exact) mass is 314 g/mol. The highest BCUT2D eigenvalue weighted by Gasteiger charge is 2.40. The van der Waals surface area contributed by atoms with E-state index < -0.39 is 0 Å². The maximum Gasteiger partial charge on any atom is 0.250 e. The minimum Gasteiger partial charge on any atom is -0.490 e. The number of carbonyl (C=O) groups is 1. The Morgan fingerprint density at radius 3 is 2.61 bits per heavy atom. The second kappa shape index (κ2) is 6.36. The molecule has 1 amide bonds. The average Bonchev–Trinajstić information content (AvgIpc) is 3.08. The first-order chi connectivity index (χ1) is 10.9. The molecule has 0 aromatic heterocycles. The van der Waals surface area contributed by atoms with E-state index in [2.05, 4.69) is 17.4 Å². The van der Waals surface area contributed by atoms with E-state index in [9.17, 15) is 4.79 Å². The second-order valence-corrected chi connectivity index (χ2v) is 7.36. The van der Waals surface area contributed by atoms with Gasteiger partial charge in [-0.3, -0.25) is 4.79 Å². The Hall–Kier alpha value is -1.81. The SMILES string of the molecule is CC(C)(C)OC1=CC(=O)N(C2CCNC2)C1Cc1ccccc1. The minimum atomic E-state index is -0.301. The van der Waals surface area contributed by atoms with E-state index in [4.69, 9.17) is 4.74 Å². The Kier molecular flexibility index (Phi) is 4.44. The number of amides is 1. The Morgan fingerprint density at radius 1 is 1.26 bits per heavy atom.